The highest BCUT2D eigenvalue weighted by atomic mass is 16.5. The molecule has 0 atom stereocenters. The lowest BCUT2D eigenvalue weighted by atomic mass is 10.1. The molecule has 0 saturated heterocycles. The molecule has 0 saturated carbocycles. The van der Waals surface area contributed by atoms with Gasteiger partial charge in [-0.3, -0.25) is 9.20 Å². The molecule has 2 N–H and O–H groups in total. The van der Waals surface area contributed by atoms with Crippen molar-refractivity contribution in [2.24, 2.45) is 7.05 Å². The smallest absolute Gasteiger partial charge is 0.276 e. The van der Waals surface area contributed by atoms with Gasteiger partial charge in [0.05, 0.1) is 31.0 Å². The summed E-state index contributed by atoms with van der Waals surface area (Å²) in [4.78, 5) is 16.0. The number of methoxy groups -OCH3 is 1. The van der Waals surface area contributed by atoms with Crippen LogP contribution in [0.2, 0.25) is 0 Å². The van der Waals surface area contributed by atoms with Crippen LogP contribution in [0, 0.1) is 0 Å². The molecule has 0 fully saturated rings. The number of ether oxygens (including phenoxy) is 1. The van der Waals surface area contributed by atoms with Gasteiger partial charge in [0.15, 0.2) is 0 Å². The molecular formula is C14H14N4O2. The zero-order chi connectivity index (χ0) is 14.3. The number of fused-ring (bicyclic) bond motifs is 1. The van der Waals surface area contributed by atoms with Gasteiger partial charge in [-0.15, -0.1) is 0 Å². The first kappa shape index (κ1) is 12.3. The van der Waals surface area contributed by atoms with E-state index >= 15 is 0 Å². The Morgan fingerprint density at radius 2 is 2.15 bits per heavy atom. The summed E-state index contributed by atoms with van der Waals surface area (Å²) in [6.45, 7) is 0. The van der Waals surface area contributed by atoms with E-state index < -0.39 is 0 Å². The SMILES string of the molecule is COc1ccc(-c2cn(C)c(=O)c3cncn23)cc1N. The van der Waals surface area contributed by atoms with Crippen LogP contribution < -0.4 is 16.0 Å². The maximum Gasteiger partial charge on any atom is 0.276 e. The van der Waals surface area contributed by atoms with Crippen molar-refractivity contribution in [3.05, 3.63) is 47.3 Å². The summed E-state index contributed by atoms with van der Waals surface area (Å²) in [5.74, 6) is 0.625. The third kappa shape index (κ3) is 1.73. The highest BCUT2D eigenvalue weighted by Gasteiger charge is 2.10. The number of aromatic nitrogens is 3. The predicted molar refractivity (Wildman–Crippen MR) is 76.8 cm³/mol. The van der Waals surface area contributed by atoms with E-state index in [1.165, 1.54) is 4.57 Å². The minimum Gasteiger partial charge on any atom is -0.495 e. The summed E-state index contributed by atoms with van der Waals surface area (Å²) in [6, 6.07) is 5.52. The number of benzene rings is 1. The fraction of sp³-hybridized carbons (Fsp3) is 0.143. The van der Waals surface area contributed by atoms with Crippen molar-refractivity contribution in [2.75, 3.05) is 12.8 Å². The highest BCUT2D eigenvalue weighted by molar-refractivity contribution is 5.70. The molecule has 102 valence electrons. The standard InChI is InChI=1S/C14H14N4O2/c1-17-7-12(18-8-16-6-11(18)14(17)19)9-3-4-13(20-2)10(15)5-9/h3-8H,15H2,1-2H3. The van der Waals surface area contributed by atoms with Crippen molar-refractivity contribution in [1.29, 1.82) is 0 Å². The average molecular weight is 270 g/mol. The molecule has 0 bridgehead atoms. The number of nitrogens with zero attached hydrogens (tertiary/aromatic N) is 3. The molecule has 1 aromatic carbocycles. The molecule has 0 spiro atoms. The van der Waals surface area contributed by atoms with Crippen molar-refractivity contribution >= 4 is 11.2 Å². The predicted octanol–water partition coefficient (Wildman–Crippen LogP) is 1.29. The van der Waals surface area contributed by atoms with E-state index in [4.69, 9.17) is 10.5 Å². The second-order valence-corrected chi connectivity index (χ2v) is 4.54. The molecule has 0 radical (unpaired) electrons. The number of nitrogen functional groups attached to an aromatic ring is 1. The summed E-state index contributed by atoms with van der Waals surface area (Å²) in [5.41, 5.74) is 8.66. The number of anilines is 1. The maximum atomic E-state index is 12.0. The number of hydrogen-bond acceptors (Lipinski definition) is 4. The monoisotopic (exact) mass is 270 g/mol. The van der Waals surface area contributed by atoms with E-state index in [2.05, 4.69) is 4.98 Å². The first-order valence-corrected chi connectivity index (χ1v) is 6.07. The Morgan fingerprint density at radius 1 is 1.35 bits per heavy atom. The Labute approximate surface area is 115 Å². The molecule has 20 heavy (non-hydrogen) atoms. The quantitative estimate of drug-likeness (QED) is 0.712. The van der Waals surface area contributed by atoms with Gasteiger partial charge in [-0.1, -0.05) is 0 Å². The average Bonchev–Trinajstić information content (AvgIpc) is 2.92. The zero-order valence-corrected chi connectivity index (χ0v) is 11.2. The minimum absolute atomic E-state index is 0.0901. The van der Waals surface area contributed by atoms with Crippen LogP contribution in [0.25, 0.3) is 16.8 Å². The van der Waals surface area contributed by atoms with Crippen LogP contribution in [0.3, 0.4) is 0 Å². The number of hydrogen-bond donors (Lipinski definition) is 1. The second-order valence-electron chi connectivity index (χ2n) is 4.54. The fourth-order valence-corrected chi connectivity index (χ4v) is 2.24. The summed E-state index contributed by atoms with van der Waals surface area (Å²) < 4.78 is 8.44. The van der Waals surface area contributed by atoms with Crippen molar-refractivity contribution in [3.8, 4) is 17.0 Å². The van der Waals surface area contributed by atoms with Crippen LogP contribution in [0.4, 0.5) is 5.69 Å². The Morgan fingerprint density at radius 3 is 2.85 bits per heavy atom. The third-order valence-corrected chi connectivity index (χ3v) is 3.28. The Balaban J connectivity index is 2.29. The summed E-state index contributed by atoms with van der Waals surface area (Å²) in [7, 11) is 3.29. The topological polar surface area (TPSA) is 74.5 Å². The van der Waals surface area contributed by atoms with Crippen LogP contribution in [0.15, 0.2) is 41.7 Å². The molecule has 3 aromatic rings. The molecule has 2 aromatic heterocycles. The lowest BCUT2D eigenvalue weighted by Gasteiger charge is -2.10. The van der Waals surface area contributed by atoms with Gasteiger partial charge in [-0.05, 0) is 18.2 Å². The normalized spacial score (nSPS) is 10.9. The number of aryl methyl sites for hydroxylation is 1. The number of rotatable bonds is 2. The second kappa shape index (κ2) is 4.41. The van der Waals surface area contributed by atoms with Gasteiger partial charge in [0, 0.05) is 18.8 Å². The highest BCUT2D eigenvalue weighted by Crippen LogP contribution is 2.28. The van der Waals surface area contributed by atoms with E-state index in [0.29, 0.717) is 17.0 Å². The number of imidazole rings is 1. The molecule has 0 aliphatic rings. The zero-order valence-electron chi connectivity index (χ0n) is 11.2. The van der Waals surface area contributed by atoms with Gasteiger partial charge in [0.25, 0.3) is 5.56 Å². The Kier molecular flexibility index (Phi) is 2.71. The van der Waals surface area contributed by atoms with Gasteiger partial charge >= 0.3 is 0 Å². The van der Waals surface area contributed by atoms with Gasteiger partial charge < -0.3 is 15.0 Å². The first-order chi connectivity index (χ1) is 9.61. The largest absolute Gasteiger partial charge is 0.495 e. The van der Waals surface area contributed by atoms with Crippen molar-refractivity contribution in [2.45, 2.75) is 0 Å². The first-order valence-electron chi connectivity index (χ1n) is 6.07. The van der Waals surface area contributed by atoms with E-state index in [-0.39, 0.29) is 5.56 Å². The molecule has 3 rings (SSSR count). The van der Waals surface area contributed by atoms with E-state index in [9.17, 15) is 4.79 Å². The lowest BCUT2D eigenvalue weighted by molar-refractivity contribution is 0.417. The van der Waals surface area contributed by atoms with Crippen LogP contribution in [0.1, 0.15) is 0 Å². The van der Waals surface area contributed by atoms with Crippen LogP contribution in [0.5, 0.6) is 5.75 Å². The summed E-state index contributed by atoms with van der Waals surface area (Å²) >= 11 is 0. The van der Waals surface area contributed by atoms with Crippen molar-refractivity contribution in [1.82, 2.24) is 14.0 Å². The number of nitrogens with two attached hydrogens (primary N) is 1. The van der Waals surface area contributed by atoms with Crippen LogP contribution >= 0.6 is 0 Å². The van der Waals surface area contributed by atoms with Crippen LogP contribution in [-0.2, 0) is 7.05 Å². The molecule has 0 unspecified atom stereocenters. The van der Waals surface area contributed by atoms with Crippen molar-refractivity contribution in [3.63, 3.8) is 0 Å². The Hall–Kier alpha value is -2.76. The molecule has 0 aliphatic heterocycles. The molecule has 0 aliphatic carbocycles. The van der Waals surface area contributed by atoms with Gasteiger partial charge in [0.2, 0.25) is 0 Å². The molecular weight excluding hydrogens is 256 g/mol. The van der Waals surface area contributed by atoms with Gasteiger partial charge in [0.1, 0.15) is 11.3 Å². The van der Waals surface area contributed by atoms with Gasteiger partial charge in [-0.25, -0.2) is 4.98 Å². The maximum absolute atomic E-state index is 12.0. The summed E-state index contributed by atoms with van der Waals surface area (Å²) in [5, 5.41) is 0. The third-order valence-electron chi connectivity index (χ3n) is 3.28. The van der Waals surface area contributed by atoms with E-state index in [0.717, 1.165) is 11.3 Å². The fourth-order valence-electron chi connectivity index (χ4n) is 2.24. The molecule has 0 amide bonds. The van der Waals surface area contributed by atoms with E-state index in [1.54, 1.807) is 43.3 Å². The minimum atomic E-state index is -0.0901. The van der Waals surface area contributed by atoms with Crippen LogP contribution in [-0.4, -0.2) is 21.1 Å². The molecule has 6 heteroatoms. The Bertz CT molecular complexity index is 848. The molecule has 6 nitrogen and oxygen atoms in total. The summed E-state index contributed by atoms with van der Waals surface area (Å²) in [6.07, 6.45) is 4.93. The molecule has 2 heterocycles. The van der Waals surface area contributed by atoms with Crippen molar-refractivity contribution < 1.29 is 4.74 Å². The van der Waals surface area contributed by atoms with Gasteiger partial charge in [-0.2, -0.15) is 0 Å². The van der Waals surface area contributed by atoms with E-state index in [1.807, 2.05) is 12.1 Å². The lowest BCUT2D eigenvalue weighted by Crippen LogP contribution is -2.18.